The predicted octanol–water partition coefficient (Wildman–Crippen LogP) is 2.64. The zero-order valence-corrected chi connectivity index (χ0v) is 10.6. The van der Waals surface area contributed by atoms with Gasteiger partial charge in [-0.2, -0.15) is 0 Å². The highest BCUT2D eigenvalue weighted by molar-refractivity contribution is 4.76. The highest BCUT2D eigenvalue weighted by atomic mass is 15.1. The first kappa shape index (κ1) is 13.0. The van der Waals surface area contributed by atoms with Crippen LogP contribution in [0.2, 0.25) is 0 Å². The molecule has 15 heavy (non-hydrogen) atoms. The van der Waals surface area contributed by atoms with E-state index < -0.39 is 0 Å². The van der Waals surface area contributed by atoms with Gasteiger partial charge in [0.05, 0.1) is 0 Å². The number of likely N-dealkylation sites (N-methyl/N-ethyl adjacent to an activating group) is 1. The molecule has 1 rings (SSSR count). The summed E-state index contributed by atoms with van der Waals surface area (Å²) in [7, 11) is 2.26. The number of unbranched alkanes of at least 4 members (excludes halogenated alkanes) is 4. The Kier molecular flexibility index (Phi) is 7.03. The van der Waals surface area contributed by atoms with Gasteiger partial charge in [0.2, 0.25) is 0 Å². The number of rotatable bonds is 8. The Morgan fingerprint density at radius 1 is 1.20 bits per heavy atom. The van der Waals surface area contributed by atoms with Gasteiger partial charge in [-0.05, 0) is 39.4 Å². The van der Waals surface area contributed by atoms with Gasteiger partial charge < -0.3 is 10.2 Å². The maximum Gasteiger partial charge on any atom is 0.0195 e. The van der Waals surface area contributed by atoms with E-state index in [0.29, 0.717) is 0 Å². The van der Waals surface area contributed by atoms with Crippen molar-refractivity contribution < 1.29 is 0 Å². The van der Waals surface area contributed by atoms with E-state index in [2.05, 4.69) is 24.2 Å². The summed E-state index contributed by atoms with van der Waals surface area (Å²) in [4.78, 5) is 2.49. The standard InChI is InChI=1S/C13H28N2/c1-3-4-5-6-7-11-15(2)12-13-9-8-10-14-13/h13-14H,3-12H2,1-2H3. The second kappa shape index (κ2) is 8.12. The molecule has 0 aromatic heterocycles. The van der Waals surface area contributed by atoms with Gasteiger partial charge in [-0.3, -0.25) is 0 Å². The summed E-state index contributed by atoms with van der Waals surface area (Å²) >= 11 is 0. The van der Waals surface area contributed by atoms with E-state index in [4.69, 9.17) is 0 Å². The fourth-order valence-corrected chi connectivity index (χ4v) is 2.37. The first-order valence-corrected chi connectivity index (χ1v) is 6.75. The Labute approximate surface area is 95.4 Å². The summed E-state index contributed by atoms with van der Waals surface area (Å²) in [6, 6.07) is 0.769. The third-order valence-corrected chi connectivity index (χ3v) is 3.34. The van der Waals surface area contributed by atoms with E-state index in [-0.39, 0.29) is 0 Å². The lowest BCUT2D eigenvalue weighted by Crippen LogP contribution is -2.35. The molecule has 0 radical (unpaired) electrons. The zero-order valence-electron chi connectivity index (χ0n) is 10.6. The Bertz CT molecular complexity index is 141. The second-order valence-electron chi connectivity index (χ2n) is 4.97. The Balaban J connectivity index is 1.91. The van der Waals surface area contributed by atoms with Gasteiger partial charge in [-0.25, -0.2) is 0 Å². The Morgan fingerprint density at radius 2 is 2.00 bits per heavy atom. The van der Waals surface area contributed by atoms with Crippen molar-refractivity contribution in [3.8, 4) is 0 Å². The maximum absolute atomic E-state index is 3.56. The van der Waals surface area contributed by atoms with Crippen LogP contribution in [0, 0.1) is 0 Å². The molecular formula is C13H28N2. The fourth-order valence-electron chi connectivity index (χ4n) is 2.37. The van der Waals surface area contributed by atoms with Crippen LogP contribution in [0.15, 0.2) is 0 Å². The van der Waals surface area contributed by atoms with Crippen LogP contribution in [0.1, 0.15) is 51.9 Å². The lowest BCUT2D eigenvalue weighted by molar-refractivity contribution is 0.293. The van der Waals surface area contributed by atoms with Gasteiger partial charge in [0.25, 0.3) is 0 Å². The number of nitrogens with one attached hydrogen (secondary N) is 1. The minimum Gasteiger partial charge on any atom is -0.313 e. The molecule has 1 aliphatic rings. The van der Waals surface area contributed by atoms with Gasteiger partial charge in [0.15, 0.2) is 0 Å². The van der Waals surface area contributed by atoms with Gasteiger partial charge in [0.1, 0.15) is 0 Å². The molecule has 0 spiro atoms. The van der Waals surface area contributed by atoms with E-state index in [9.17, 15) is 0 Å². The number of nitrogens with zero attached hydrogens (tertiary/aromatic N) is 1. The van der Waals surface area contributed by atoms with Crippen LogP contribution >= 0.6 is 0 Å². The predicted molar refractivity (Wildman–Crippen MR) is 67.3 cm³/mol. The molecule has 1 aliphatic heterocycles. The summed E-state index contributed by atoms with van der Waals surface area (Å²) in [5, 5.41) is 3.56. The van der Waals surface area contributed by atoms with Gasteiger partial charge in [-0.1, -0.05) is 32.6 Å². The zero-order chi connectivity index (χ0) is 10.9. The summed E-state index contributed by atoms with van der Waals surface area (Å²) < 4.78 is 0. The van der Waals surface area contributed by atoms with Crippen LogP contribution in [0.25, 0.3) is 0 Å². The number of hydrogen-bond acceptors (Lipinski definition) is 2. The van der Waals surface area contributed by atoms with Crippen molar-refractivity contribution in [1.29, 1.82) is 0 Å². The molecule has 1 saturated heterocycles. The Morgan fingerprint density at radius 3 is 2.67 bits per heavy atom. The first-order valence-electron chi connectivity index (χ1n) is 6.75. The van der Waals surface area contributed by atoms with Crippen molar-refractivity contribution >= 4 is 0 Å². The SMILES string of the molecule is CCCCCCCN(C)CC1CCCN1. The first-order chi connectivity index (χ1) is 7.33. The smallest absolute Gasteiger partial charge is 0.0195 e. The average Bonchev–Trinajstić information content (AvgIpc) is 2.70. The molecule has 0 bridgehead atoms. The van der Waals surface area contributed by atoms with Crippen LogP contribution in [0.4, 0.5) is 0 Å². The largest absolute Gasteiger partial charge is 0.313 e. The van der Waals surface area contributed by atoms with Crippen LogP contribution in [-0.4, -0.2) is 37.6 Å². The van der Waals surface area contributed by atoms with Gasteiger partial charge in [0, 0.05) is 12.6 Å². The normalized spacial score (nSPS) is 21.4. The minimum atomic E-state index is 0.769. The van der Waals surface area contributed by atoms with E-state index in [1.165, 1.54) is 64.6 Å². The van der Waals surface area contributed by atoms with Crippen molar-refractivity contribution in [3.05, 3.63) is 0 Å². The van der Waals surface area contributed by atoms with Crippen molar-refractivity contribution in [2.75, 3.05) is 26.7 Å². The van der Waals surface area contributed by atoms with E-state index in [1.807, 2.05) is 0 Å². The molecule has 0 aromatic rings. The van der Waals surface area contributed by atoms with Crippen LogP contribution < -0.4 is 5.32 Å². The molecule has 90 valence electrons. The molecule has 1 fully saturated rings. The molecule has 1 unspecified atom stereocenters. The molecule has 2 heteroatoms. The average molecular weight is 212 g/mol. The summed E-state index contributed by atoms with van der Waals surface area (Å²) in [5.74, 6) is 0. The molecule has 0 aliphatic carbocycles. The quantitative estimate of drug-likeness (QED) is 0.622. The molecule has 0 aromatic carbocycles. The summed E-state index contributed by atoms with van der Waals surface area (Å²) in [6.07, 6.45) is 9.72. The molecule has 2 nitrogen and oxygen atoms in total. The monoisotopic (exact) mass is 212 g/mol. The minimum absolute atomic E-state index is 0.769. The molecule has 1 atom stereocenters. The lowest BCUT2D eigenvalue weighted by atomic mass is 10.1. The van der Waals surface area contributed by atoms with Crippen LogP contribution in [0.3, 0.4) is 0 Å². The van der Waals surface area contributed by atoms with Crippen molar-refractivity contribution in [2.45, 2.75) is 57.9 Å². The van der Waals surface area contributed by atoms with Crippen molar-refractivity contribution in [1.82, 2.24) is 10.2 Å². The third-order valence-electron chi connectivity index (χ3n) is 3.34. The van der Waals surface area contributed by atoms with E-state index in [1.54, 1.807) is 0 Å². The fraction of sp³-hybridized carbons (Fsp3) is 1.00. The van der Waals surface area contributed by atoms with Gasteiger partial charge >= 0.3 is 0 Å². The van der Waals surface area contributed by atoms with Crippen molar-refractivity contribution in [3.63, 3.8) is 0 Å². The summed E-state index contributed by atoms with van der Waals surface area (Å²) in [6.45, 7) is 6.03. The van der Waals surface area contributed by atoms with Gasteiger partial charge in [-0.15, -0.1) is 0 Å². The molecule has 1 heterocycles. The lowest BCUT2D eigenvalue weighted by Gasteiger charge is -2.20. The molecular weight excluding hydrogens is 184 g/mol. The number of hydrogen-bond donors (Lipinski definition) is 1. The second-order valence-corrected chi connectivity index (χ2v) is 4.97. The van der Waals surface area contributed by atoms with Crippen molar-refractivity contribution in [2.24, 2.45) is 0 Å². The molecule has 1 N–H and O–H groups in total. The molecule has 0 saturated carbocycles. The van der Waals surface area contributed by atoms with E-state index >= 15 is 0 Å². The topological polar surface area (TPSA) is 15.3 Å². The third kappa shape index (κ3) is 6.16. The van der Waals surface area contributed by atoms with Crippen LogP contribution in [-0.2, 0) is 0 Å². The Hall–Kier alpha value is -0.0800. The highest BCUT2D eigenvalue weighted by Crippen LogP contribution is 2.07. The molecule has 0 amide bonds. The van der Waals surface area contributed by atoms with E-state index in [0.717, 1.165) is 6.04 Å². The summed E-state index contributed by atoms with van der Waals surface area (Å²) in [5.41, 5.74) is 0. The highest BCUT2D eigenvalue weighted by Gasteiger charge is 2.15. The maximum atomic E-state index is 3.56. The van der Waals surface area contributed by atoms with Crippen LogP contribution in [0.5, 0.6) is 0 Å².